The number of rotatable bonds is 4. The molecule has 0 radical (unpaired) electrons. The third kappa shape index (κ3) is 3.48. The number of nitrogens with one attached hydrogen (secondary N) is 2. The van der Waals surface area contributed by atoms with Crippen LogP contribution in [0.2, 0.25) is 0 Å². The number of hydrogen-bond acceptors (Lipinski definition) is 3. The molecule has 2 rings (SSSR count). The summed E-state index contributed by atoms with van der Waals surface area (Å²) in [4.78, 5) is 13.4. The maximum absolute atomic E-state index is 14.3. The van der Waals surface area contributed by atoms with E-state index in [4.69, 9.17) is 0 Å². The van der Waals surface area contributed by atoms with E-state index in [9.17, 15) is 9.18 Å². The number of hydrogen-bond donors (Lipinski definition) is 2. The Morgan fingerprint density at radius 1 is 1.50 bits per heavy atom. The van der Waals surface area contributed by atoms with Crippen LogP contribution < -0.4 is 15.5 Å². The van der Waals surface area contributed by atoms with Crippen LogP contribution in [-0.4, -0.2) is 32.1 Å². The smallest absolute Gasteiger partial charge is 0.239 e. The van der Waals surface area contributed by atoms with Gasteiger partial charge in [0.05, 0.1) is 12.2 Å². The van der Waals surface area contributed by atoms with Crippen molar-refractivity contribution in [1.29, 1.82) is 0 Å². The lowest BCUT2D eigenvalue weighted by molar-refractivity contribution is -0.119. The molecule has 0 spiro atoms. The third-order valence-electron chi connectivity index (χ3n) is 3.58. The van der Waals surface area contributed by atoms with Gasteiger partial charge in [0.25, 0.3) is 0 Å². The van der Waals surface area contributed by atoms with Crippen molar-refractivity contribution in [3.8, 4) is 0 Å². The van der Waals surface area contributed by atoms with Gasteiger partial charge in [0.1, 0.15) is 5.82 Å². The number of amides is 1. The zero-order chi connectivity index (χ0) is 14.5. The maximum atomic E-state index is 14.3. The fraction of sp³-hybridized carbons (Fsp3) is 0.533. The van der Waals surface area contributed by atoms with Gasteiger partial charge < -0.3 is 15.5 Å². The predicted octanol–water partition coefficient (Wildman–Crippen LogP) is 1.82. The van der Waals surface area contributed by atoms with E-state index in [2.05, 4.69) is 10.6 Å². The van der Waals surface area contributed by atoms with Crippen LogP contribution in [0.4, 0.5) is 10.1 Å². The van der Waals surface area contributed by atoms with E-state index in [0.717, 1.165) is 18.5 Å². The summed E-state index contributed by atoms with van der Waals surface area (Å²) in [7, 11) is 0. The van der Waals surface area contributed by atoms with Crippen molar-refractivity contribution >= 4 is 11.6 Å². The van der Waals surface area contributed by atoms with Gasteiger partial charge in [-0.1, -0.05) is 13.0 Å². The summed E-state index contributed by atoms with van der Waals surface area (Å²) in [5.41, 5.74) is 1.43. The van der Waals surface area contributed by atoms with Gasteiger partial charge in [-0.05, 0) is 37.6 Å². The van der Waals surface area contributed by atoms with Crippen LogP contribution in [0.25, 0.3) is 0 Å². The maximum Gasteiger partial charge on any atom is 0.239 e. The number of nitrogens with zero attached hydrogens (tertiary/aromatic N) is 1. The molecule has 1 aromatic carbocycles. The summed E-state index contributed by atoms with van der Waals surface area (Å²) in [6, 6.07) is 5.38. The van der Waals surface area contributed by atoms with Crippen LogP contribution in [0.5, 0.6) is 0 Å². The molecule has 0 saturated carbocycles. The minimum Gasteiger partial charge on any atom is -0.360 e. The summed E-state index contributed by atoms with van der Waals surface area (Å²) in [5.74, 6) is -0.311. The van der Waals surface area contributed by atoms with E-state index >= 15 is 0 Å². The first kappa shape index (κ1) is 14.8. The van der Waals surface area contributed by atoms with Gasteiger partial charge in [-0.3, -0.25) is 4.79 Å². The standard InChI is InChI=1S/C15H22FN3O/c1-3-17-11(2)12-5-6-14(13(16)9-12)19-8-4-7-18-15(20)10-19/h5-6,9,11,17H,3-4,7-8,10H2,1-2H3,(H,18,20). The van der Waals surface area contributed by atoms with Gasteiger partial charge in [0.15, 0.2) is 0 Å². The summed E-state index contributed by atoms with van der Waals surface area (Å²) < 4.78 is 14.3. The summed E-state index contributed by atoms with van der Waals surface area (Å²) >= 11 is 0. The molecule has 1 aromatic rings. The fourth-order valence-corrected chi connectivity index (χ4v) is 2.48. The van der Waals surface area contributed by atoms with Crippen LogP contribution in [0.1, 0.15) is 31.9 Å². The van der Waals surface area contributed by atoms with Crippen molar-refractivity contribution in [2.75, 3.05) is 31.1 Å². The average molecular weight is 279 g/mol. The van der Waals surface area contributed by atoms with E-state index in [1.54, 1.807) is 17.0 Å². The SMILES string of the molecule is CCNC(C)c1ccc(N2CCCNC(=O)C2)c(F)c1. The van der Waals surface area contributed by atoms with E-state index in [1.807, 2.05) is 19.9 Å². The normalized spacial score (nSPS) is 17.6. The zero-order valence-electron chi connectivity index (χ0n) is 12.1. The van der Waals surface area contributed by atoms with E-state index < -0.39 is 0 Å². The first-order chi connectivity index (χ1) is 9.61. The van der Waals surface area contributed by atoms with Gasteiger partial charge in [-0.25, -0.2) is 4.39 Å². The highest BCUT2D eigenvalue weighted by Gasteiger charge is 2.18. The van der Waals surface area contributed by atoms with Crippen molar-refractivity contribution in [2.45, 2.75) is 26.3 Å². The van der Waals surface area contributed by atoms with Gasteiger partial charge in [0.2, 0.25) is 5.91 Å². The Kier molecular flexibility index (Phi) is 4.95. The Hall–Kier alpha value is -1.62. The Labute approximate surface area is 119 Å². The second-order valence-corrected chi connectivity index (χ2v) is 5.12. The minimum atomic E-state index is -0.262. The third-order valence-corrected chi connectivity index (χ3v) is 3.58. The highest BCUT2D eigenvalue weighted by atomic mass is 19.1. The molecule has 0 aliphatic carbocycles. The summed E-state index contributed by atoms with van der Waals surface area (Å²) in [6.07, 6.45) is 0.834. The second kappa shape index (κ2) is 6.70. The zero-order valence-corrected chi connectivity index (χ0v) is 12.1. The molecule has 1 heterocycles. The average Bonchev–Trinajstić information content (AvgIpc) is 2.63. The van der Waals surface area contributed by atoms with Crippen molar-refractivity contribution < 1.29 is 9.18 Å². The molecule has 1 atom stereocenters. The molecule has 1 saturated heterocycles. The molecular formula is C15H22FN3O. The topological polar surface area (TPSA) is 44.4 Å². The van der Waals surface area contributed by atoms with Gasteiger partial charge in [-0.2, -0.15) is 0 Å². The molecule has 1 amide bonds. The van der Waals surface area contributed by atoms with Gasteiger partial charge >= 0.3 is 0 Å². The van der Waals surface area contributed by atoms with Crippen molar-refractivity contribution in [1.82, 2.24) is 10.6 Å². The molecule has 20 heavy (non-hydrogen) atoms. The highest BCUT2D eigenvalue weighted by Crippen LogP contribution is 2.24. The Bertz CT molecular complexity index is 478. The lowest BCUT2D eigenvalue weighted by Gasteiger charge is -2.23. The number of halogens is 1. The number of benzene rings is 1. The Balaban J connectivity index is 2.18. The quantitative estimate of drug-likeness (QED) is 0.883. The van der Waals surface area contributed by atoms with Crippen LogP contribution in [0, 0.1) is 5.82 Å². The molecular weight excluding hydrogens is 257 g/mol. The lowest BCUT2D eigenvalue weighted by atomic mass is 10.1. The molecule has 0 aromatic heterocycles. The first-order valence-corrected chi connectivity index (χ1v) is 7.16. The Morgan fingerprint density at radius 3 is 3.00 bits per heavy atom. The van der Waals surface area contributed by atoms with Crippen LogP contribution in [0.15, 0.2) is 18.2 Å². The van der Waals surface area contributed by atoms with Crippen molar-refractivity contribution in [3.63, 3.8) is 0 Å². The number of anilines is 1. The fourth-order valence-electron chi connectivity index (χ4n) is 2.48. The number of carbonyl (C=O) groups is 1. The summed E-state index contributed by atoms with van der Waals surface area (Å²) in [6.45, 7) is 6.45. The molecule has 1 aliphatic heterocycles. The van der Waals surface area contributed by atoms with Crippen molar-refractivity contribution in [2.24, 2.45) is 0 Å². The molecule has 1 fully saturated rings. The molecule has 4 nitrogen and oxygen atoms in total. The van der Waals surface area contributed by atoms with Gasteiger partial charge in [0, 0.05) is 19.1 Å². The lowest BCUT2D eigenvalue weighted by Crippen LogP contribution is -2.33. The van der Waals surface area contributed by atoms with E-state index in [1.165, 1.54) is 0 Å². The molecule has 5 heteroatoms. The monoisotopic (exact) mass is 279 g/mol. The Morgan fingerprint density at radius 2 is 2.30 bits per heavy atom. The first-order valence-electron chi connectivity index (χ1n) is 7.16. The van der Waals surface area contributed by atoms with Crippen molar-refractivity contribution in [3.05, 3.63) is 29.6 Å². The van der Waals surface area contributed by atoms with E-state index in [0.29, 0.717) is 18.8 Å². The van der Waals surface area contributed by atoms with Crippen LogP contribution >= 0.6 is 0 Å². The predicted molar refractivity (Wildman–Crippen MR) is 78.3 cm³/mol. The second-order valence-electron chi connectivity index (χ2n) is 5.12. The molecule has 0 bridgehead atoms. The molecule has 1 unspecified atom stereocenters. The number of carbonyl (C=O) groups excluding carboxylic acids is 1. The van der Waals surface area contributed by atoms with Gasteiger partial charge in [-0.15, -0.1) is 0 Å². The van der Waals surface area contributed by atoms with Crippen LogP contribution in [0.3, 0.4) is 0 Å². The molecule has 1 aliphatic rings. The largest absolute Gasteiger partial charge is 0.360 e. The van der Waals surface area contributed by atoms with Crippen LogP contribution in [-0.2, 0) is 4.79 Å². The minimum absolute atomic E-state index is 0.0491. The molecule has 110 valence electrons. The van der Waals surface area contributed by atoms with E-state index in [-0.39, 0.29) is 24.3 Å². The highest BCUT2D eigenvalue weighted by molar-refractivity contribution is 5.81. The summed E-state index contributed by atoms with van der Waals surface area (Å²) in [5, 5.41) is 6.06. The molecule has 2 N–H and O–H groups in total.